The minimum absolute atomic E-state index is 0.119. The molecule has 0 aliphatic rings. The first kappa shape index (κ1) is 23.9. The Morgan fingerprint density at radius 1 is 1.15 bits per heavy atom. The summed E-state index contributed by atoms with van der Waals surface area (Å²) in [5.41, 5.74) is 5.45. The Labute approximate surface area is 210 Å². The number of carbonyl (C=O) groups excluding carboxylic acids is 1. The summed E-state index contributed by atoms with van der Waals surface area (Å²) in [4.78, 5) is 16.4. The van der Waals surface area contributed by atoms with E-state index in [1.165, 1.54) is 18.0 Å². The van der Waals surface area contributed by atoms with Crippen LogP contribution in [0.3, 0.4) is 0 Å². The summed E-state index contributed by atoms with van der Waals surface area (Å²) in [5, 5.41) is 5.52. The quantitative estimate of drug-likeness (QED) is 0.168. The van der Waals surface area contributed by atoms with Crippen molar-refractivity contribution in [2.45, 2.75) is 11.8 Å². The number of nitrogens with zero attached hydrogens (tertiary/aromatic N) is 2. The number of thioether (sulfide) groups is 1. The van der Waals surface area contributed by atoms with Crippen LogP contribution in [0.4, 0.5) is 0 Å². The molecule has 4 aromatic rings. The fourth-order valence-corrected chi connectivity index (χ4v) is 4.02. The van der Waals surface area contributed by atoms with E-state index in [0.717, 1.165) is 16.6 Å². The third kappa shape index (κ3) is 6.22. The molecule has 7 nitrogen and oxygen atoms in total. The predicted octanol–water partition coefficient (Wildman–Crippen LogP) is 5.96. The summed E-state index contributed by atoms with van der Waals surface area (Å²) in [6.45, 7) is 0.258. The van der Waals surface area contributed by atoms with E-state index in [9.17, 15) is 4.79 Å². The highest BCUT2D eigenvalue weighted by molar-refractivity contribution is 7.99. The third-order valence-electron chi connectivity index (χ3n) is 4.59. The van der Waals surface area contributed by atoms with E-state index in [1.807, 2.05) is 30.3 Å². The normalized spacial score (nSPS) is 11.1. The van der Waals surface area contributed by atoms with Crippen LogP contribution in [0, 0.1) is 0 Å². The Hall–Kier alpha value is -3.20. The number of hydrogen-bond donors (Lipinski definition) is 1. The van der Waals surface area contributed by atoms with Gasteiger partial charge in [0, 0.05) is 15.6 Å². The molecule has 3 aromatic carbocycles. The zero-order valence-corrected chi connectivity index (χ0v) is 20.3. The molecule has 0 aliphatic heterocycles. The van der Waals surface area contributed by atoms with Crippen LogP contribution in [0.25, 0.3) is 11.1 Å². The predicted molar refractivity (Wildman–Crippen MR) is 134 cm³/mol. The Balaban J connectivity index is 1.30. The fourth-order valence-electron chi connectivity index (χ4n) is 2.93. The van der Waals surface area contributed by atoms with E-state index in [2.05, 4.69) is 15.5 Å². The minimum Gasteiger partial charge on any atom is -0.493 e. The first-order valence-corrected chi connectivity index (χ1v) is 11.8. The van der Waals surface area contributed by atoms with Gasteiger partial charge in [0.05, 0.1) is 19.1 Å². The average Bonchev–Trinajstić information content (AvgIpc) is 3.26. The third-order valence-corrected chi connectivity index (χ3v) is 6.00. The van der Waals surface area contributed by atoms with Crippen LogP contribution in [0.15, 0.2) is 75.4 Å². The molecule has 4 rings (SSSR count). The first-order valence-electron chi connectivity index (χ1n) is 10.1. The molecule has 0 radical (unpaired) electrons. The molecular formula is C24H19Cl2N3O4S. The van der Waals surface area contributed by atoms with Crippen molar-refractivity contribution in [1.29, 1.82) is 0 Å². The SMILES string of the molecule is COc1cc(/C=N/NC(=O)CSc2nc3ccccc3o2)ccc1OCc1ccc(Cl)cc1Cl. The van der Waals surface area contributed by atoms with Crippen LogP contribution < -0.4 is 14.9 Å². The molecule has 0 unspecified atom stereocenters. The second kappa shape index (κ2) is 11.3. The van der Waals surface area contributed by atoms with Crippen molar-refractivity contribution >= 4 is 58.2 Å². The number of aromatic nitrogens is 1. The van der Waals surface area contributed by atoms with Gasteiger partial charge in [-0.05, 0) is 48.0 Å². The Morgan fingerprint density at radius 2 is 2.00 bits per heavy atom. The number of amides is 1. The summed E-state index contributed by atoms with van der Waals surface area (Å²) in [6, 6.07) is 18.0. The number of para-hydroxylation sites is 2. The maximum atomic E-state index is 12.1. The molecule has 1 N–H and O–H groups in total. The molecule has 0 saturated heterocycles. The summed E-state index contributed by atoms with van der Waals surface area (Å²) in [6.07, 6.45) is 1.52. The van der Waals surface area contributed by atoms with Crippen LogP contribution in [0.1, 0.15) is 11.1 Å². The molecule has 1 heterocycles. The minimum atomic E-state index is -0.282. The molecule has 0 aliphatic carbocycles. The van der Waals surface area contributed by atoms with Crippen LogP contribution in [0.2, 0.25) is 10.0 Å². The lowest BCUT2D eigenvalue weighted by Crippen LogP contribution is -2.19. The van der Waals surface area contributed by atoms with Crippen LogP contribution in [0.5, 0.6) is 11.5 Å². The highest BCUT2D eigenvalue weighted by atomic mass is 35.5. The number of hydrazone groups is 1. The van der Waals surface area contributed by atoms with Gasteiger partial charge in [0.15, 0.2) is 17.1 Å². The van der Waals surface area contributed by atoms with Gasteiger partial charge in [-0.3, -0.25) is 4.79 Å². The van der Waals surface area contributed by atoms with Gasteiger partial charge < -0.3 is 13.9 Å². The number of rotatable bonds is 9. The maximum Gasteiger partial charge on any atom is 0.257 e. The van der Waals surface area contributed by atoms with Crippen molar-refractivity contribution in [1.82, 2.24) is 10.4 Å². The second-order valence-corrected chi connectivity index (χ2v) is 8.73. The molecule has 0 fully saturated rings. The first-order chi connectivity index (χ1) is 16.5. The van der Waals surface area contributed by atoms with Crippen LogP contribution in [-0.4, -0.2) is 30.0 Å². The molecular weight excluding hydrogens is 497 g/mol. The molecule has 0 spiro atoms. The Kier molecular flexibility index (Phi) is 7.95. The molecule has 0 atom stereocenters. The van der Waals surface area contributed by atoms with E-state index in [-0.39, 0.29) is 18.3 Å². The van der Waals surface area contributed by atoms with Crippen molar-refractivity contribution in [2.75, 3.05) is 12.9 Å². The number of halogens is 2. The van der Waals surface area contributed by atoms with Gasteiger partial charge in [-0.15, -0.1) is 0 Å². The summed E-state index contributed by atoms with van der Waals surface area (Å²) >= 11 is 13.3. The molecule has 34 heavy (non-hydrogen) atoms. The van der Waals surface area contributed by atoms with Crippen molar-refractivity contribution < 1.29 is 18.7 Å². The summed E-state index contributed by atoms with van der Waals surface area (Å²) in [7, 11) is 1.55. The van der Waals surface area contributed by atoms with Gasteiger partial charge in [-0.1, -0.05) is 53.2 Å². The maximum absolute atomic E-state index is 12.1. The Bertz CT molecular complexity index is 1310. The number of carbonyl (C=O) groups is 1. The van der Waals surface area contributed by atoms with E-state index in [0.29, 0.717) is 32.4 Å². The number of benzene rings is 3. The number of fused-ring (bicyclic) bond motifs is 1. The van der Waals surface area contributed by atoms with Gasteiger partial charge in [-0.2, -0.15) is 5.10 Å². The number of nitrogens with one attached hydrogen (secondary N) is 1. The monoisotopic (exact) mass is 515 g/mol. The number of methoxy groups -OCH3 is 1. The number of hydrogen-bond acceptors (Lipinski definition) is 7. The summed E-state index contributed by atoms with van der Waals surface area (Å²) < 4.78 is 16.8. The number of ether oxygens (including phenoxy) is 2. The second-order valence-electron chi connectivity index (χ2n) is 6.96. The molecule has 0 bridgehead atoms. The lowest BCUT2D eigenvalue weighted by Gasteiger charge is -2.12. The largest absolute Gasteiger partial charge is 0.493 e. The number of oxazole rings is 1. The van der Waals surface area contributed by atoms with Gasteiger partial charge in [0.2, 0.25) is 0 Å². The van der Waals surface area contributed by atoms with Crippen LogP contribution >= 0.6 is 35.0 Å². The van der Waals surface area contributed by atoms with Gasteiger partial charge in [-0.25, -0.2) is 10.4 Å². The van der Waals surface area contributed by atoms with Crippen molar-refractivity contribution in [2.24, 2.45) is 5.10 Å². The lowest BCUT2D eigenvalue weighted by atomic mass is 10.2. The Morgan fingerprint density at radius 3 is 2.79 bits per heavy atom. The zero-order valence-electron chi connectivity index (χ0n) is 18.0. The van der Waals surface area contributed by atoms with Crippen molar-refractivity contribution in [3.63, 3.8) is 0 Å². The van der Waals surface area contributed by atoms with Gasteiger partial charge in [0.25, 0.3) is 11.1 Å². The van der Waals surface area contributed by atoms with E-state index < -0.39 is 0 Å². The molecule has 0 saturated carbocycles. The van der Waals surface area contributed by atoms with E-state index in [4.69, 9.17) is 37.1 Å². The van der Waals surface area contributed by atoms with Gasteiger partial charge in [0.1, 0.15) is 12.1 Å². The van der Waals surface area contributed by atoms with Crippen LogP contribution in [-0.2, 0) is 11.4 Å². The van der Waals surface area contributed by atoms with E-state index >= 15 is 0 Å². The average molecular weight is 516 g/mol. The molecule has 174 valence electrons. The molecule has 10 heteroatoms. The summed E-state index contributed by atoms with van der Waals surface area (Å²) in [5.74, 6) is 0.902. The van der Waals surface area contributed by atoms with E-state index in [1.54, 1.807) is 37.4 Å². The topological polar surface area (TPSA) is 86.0 Å². The highest BCUT2D eigenvalue weighted by Gasteiger charge is 2.10. The van der Waals surface area contributed by atoms with Gasteiger partial charge >= 0.3 is 0 Å². The fraction of sp³-hybridized carbons (Fsp3) is 0.125. The van der Waals surface area contributed by atoms with Crippen molar-refractivity contribution in [3.8, 4) is 11.5 Å². The smallest absolute Gasteiger partial charge is 0.257 e. The molecule has 1 amide bonds. The molecule has 1 aromatic heterocycles. The standard InChI is InChI=1S/C24H19Cl2N3O4S/c1-31-22-10-15(6-9-21(22)32-13-16-7-8-17(25)11-18(16)26)12-27-29-23(30)14-34-24-28-19-4-2-3-5-20(19)33-24/h2-12H,13-14H2,1H3,(H,29,30)/b27-12+. The van der Waals surface area contributed by atoms with Crippen molar-refractivity contribution in [3.05, 3.63) is 81.8 Å². The lowest BCUT2D eigenvalue weighted by molar-refractivity contribution is -0.118. The highest BCUT2D eigenvalue weighted by Crippen LogP contribution is 2.30. The zero-order chi connectivity index (χ0) is 23.9.